The lowest BCUT2D eigenvalue weighted by Gasteiger charge is -2.31. The molecule has 1 aliphatic rings. The predicted octanol–water partition coefficient (Wildman–Crippen LogP) is -2.55. The van der Waals surface area contributed by atoms with E-state index < -0.39 is 0 Å². The Morgan fingerprint density at radius 1 is 1.27 bits per heavy atom. The lowest BCUT2D eigenvalue weighted by Crippen LogP contribution is -3.00. The van der Waals surface area contributed by atoms with Gasteiger partial charge in [0, 0.05) is 18.6 Å². The molecule has 0 spiro atoms. The first-order valence-electron chi connectivity index (χ1n) is 3.99. The first-order valence-corrected chi connectivity index (χ1v) is 4.62. The van der Waals surface area contributed by atoms with Crippen LogP contribution in [0.3, 0.4) is 0 Å². The number of nitrogens with zero attached hydrogens (tertiary/aromatic N) is 1. The molecule has 0 aromatic heterocycles. The Bertz CT molecular complexity index is 105. The SMILES string of the molecule is NC[N+]1(CCS)CCCC1.[Br-]. The number of hydrogen-bond acceptors (Lipinski definition) is 2. The smallest absolute Gasteiger partial charge is 0.130 e. The summed E-state index contributed by atoms with van der Waals surface area (Å²) in [6, 6.07) is 0. The minimum Gasteiger partial charge on any atom is -1.00 e. The van der Waals surface area contributed by atoms with E-state index in [4.69, 9.17) is 5.73 Å². The van der Waals surface area contributed by atoms with Crippen LogP contribution in [0.5, 0.6) is 0 Å². The van der Waals surface area contributed by atoms with Crippen molar-refractivity contribution in [1.82, 2.24) is 0 Å². The lowest BCUT2D eigenvalue weighted by atomic mass is 10.4. The highest BCUT2D eigenvalue weighted by molar-refractivity contribution is 7.80. The molecule has 0 unspecified atom stereocenters. The monoisotopic (exact) mass is 240 g/mol. The fraction of sp³-hybridized carbons (Fsp3) is 1.00. The first-order chi connectivity index (χ1) is 4.83. The topological polar surface area (TPSA) is 26.0 Å². The molecule has 0 aromatic carbocycles. The summed E-state index contributed by atoms with van der Waals surface area (Å²) < 4.78 is 1.11. The molecule has 1 aliphatic heterocycles. The number of nitrogens with two attached hydrogens (primary N) is 1. The van der Waals surface area contributed by atoms with E-state index >= 15 is 0 Å². The summed E-state index contributed by atoms with van der Waals surface area (Å²) in [5.41, 5.74) is 5.69. The second kappa shape index (κ2) is 5.41. The Hall–Kier alpha value is 0.750. The van der Waals surface area contributed by atoms with Crippen molar-refractivity contribution in [2.75, 3.05) is 32.1 Å². The quantitative estimate of drug-likeness (QED) is 0.413. The molecule has 1 saturated heterocycles. The molecule has 1 fully saturated rings. The molecule has 1 rings (SSSR count). The van der Waals surface area contributed by atoms with Crippen LogP contribution in [-0.2, 0) is 0 Å². The van der Waals surface area contributed by atoms with Gasteiger partial charge in [0.25, 0.3) is 0 Å². The van der Waals surface area contributed by atoms with Gasteiger partial charge >= 0.3 is 0 Å². The molecule has 0 atom stereocenters. The molecule has 0 bridgehead atoms. The molecule has 2 N–H and O–H groups in total. The molecular weight excluding hydrogens is 224 g/mol. The van der Waals surface area contributed by atoms with Crippen molar-refractivity contribution in [3.05, 3.63) is 0 Å². The molecule has 0 saturated carbocycles. The highest BCUT2D eigenvalue weighted by Gasteiger charge is 2.28. The Balaban J connectivity index is 0.000001000. The molecule has 2 nitrogen and oxygen atoms in total. The largest absolute Gasteiger partial charge is 1.00 e. The highest BCUT2D eigenvalue weighted by Crippen LogP contribution is 2.17. The molecule has 0 aromatic rings. The standard InChI is InChI=1S/C7H16N2S.BrH/c8-7-9(5-6-10)3-1-2-4-9;/h1-8H2;1H. The molecule has 1 heterocycles. The second-order valence-corrected chi connectivity index (χ2v) is 3.57. The fourth-order valence-corrected chi connectivity index (χ4v) is 2.14. The van der Waals surface area contributed by atoms with Crippen molar-refractivity contribution in [3.8, 4) is 0 Å². The Labute approximate surface area is 84.9 Å². The zero-order valence-electron chi connectivity index (χ0n) is 6.80. The normalized spacial score (nSPS) is 21.3. The van der Waals surface area contributed by atoms with Gasteiger partial charge in [-0.15, -0.1) is 0 Å². The summed E-state index contributed by atoms with van der Waals surface area (Å²) in [6.45, 7) is 4.51. The minimum atomic E-state index is 0. The van der Waals surface area contributed by atoms with E-state index in [2.05, 4.69) is 12.6 Å². The van der Waals surface area contributed by atoms with E-state index in [0.29, 0.717) is 0 Å². The van der Waals surface area contributed by atoms with Gasteiger partial charge in [0.05, 0.1) is 19.6 Å². The average Bonchev–Trinajstić information content (AvgIpc) is 2.39. The van der Waals surface area contributed by atoms with E-state index in [0.717, 1.165) is 23.4 Å². The Kier molecular flexibility index (Phi) is 5.77. The van der Waals surface area contributed by atoms with Gasteiger partial charge in [-0.2, -0.15) is 12.6 Å². The maximum absolute atomic E-state index is 5.69. The van der Waals surface area contributed by atoms with E-state index in [9.17, 15) is 0 Å². The van der Waals surface area contributed by atoms with Crippen molar-refractivity contribution in [3.63, 3.8) is 0 Å². The maximum atomic E-state index is 5.69. The molecule has 0 radical (unpaired) electrons. The summed E-state index contributed by atoms with van der Waals surface area (Å²) in [5.74, 6) is 0.969. The predicted molar refractivity (Wildman–Crippen MR) is 47.0 cm³/mol. The summed E-state index contributed by atoms with van der Waals surface area (Å²) in [5, 5.41) is 0. The number of likely N-dealkylation sites (tertiary alicyclic amines) is 1. The van der Waals surface area contributed by atoms with Gasteiger partial charge in [0.2, 0.25) is 0 Å². The van der Waals surface area contributed by atoms with Crippen molar-refractivity contribution in [1.29, 1.82) is 0 Å². The van der Waals surface area contributed by atoms with Gasteiger partial charge in [0.1, 0.15) is 6.67 Å². The van der Waals surface area contributed by atoms with Crippen molar-refractivity contribution in [2.45, 2.75) is 12.8 Å². The molecule has 11 heavy (non-hydrogen) atoms. The zero-order valence-corrected chi connectivity index (χ0v) is 9.28. The van der Waals surface area contributed by atoms with Gasteiger partial charge in [-0.05, 0) is 0 Å². The number of thiol groups is 1. The third kappa shape index (κ3) is 2.93. The van der Waals surface area contributed by atoms with E-state index in [1.165, 1.54) is 25.9 Å². The summed E-state index contributed by atoms with van der Waals surface area (Å²) in [7, 11) is 0. The van der Waals surface area contributed by atoms with Crippen molar-refractivity contribution in [2.24, 2.45) is 5.73 Å². The van der Waals surface area contributed by atoms with Crippen LogP contribution < -0.4 is 22.7 Å². The summed E-state index contributed by atoms with van der Waals surface area (Å²) in [4.78, 5) is 0. The van der Waals surface area contributed by atoms with Gasteiger partial charge < -0.3 is 21.5 Å². The van der Waals surface area contributed by atoms with Crippen LogP contribution in [0.1, 0.15) is 12.8 Å². The van der Waals surface area contributed by atoms with Gasteiger partial charge in [-0.3, -0.25) is 5.73 Å². The maximum Gasteiger partial charge on any atom is 0.130 e. The van der Waals surface area contributed by atoms with Crippen LogP contribution in [-0.4, -0.2) is 36.5 Å². The van der Waals surface area contributed by atoms with Crippen LogP contribution in [0.4, 0.5) is 0 Å². The number of rotatable bonds is 3. The molecule has 4 heteroatoms. The van der Waals surface area contributed by atoms with Gasteiger partial charge in [-0.25, -0.2) is 0 Å². The van der Waals surface area contributed by atoms with Crippen LogP contribution in [0.2, 0.25) is 0 Å². The van der Waals surface area contributed by atoms with E-state index in [-0.39, 0.29) is 17.0 Å². The lowest BCUT2D eigenvalue weighted by molar-refractivity contribution is -0.914. The minimum absolute atomic E-state index is 0. The Morgan fingerprint density at radius 3 is 2.18 bits per heavy atom. The second-order valence-electron chi connectivity index (χ2n) is 3.13. The van der Waals surface area contributed by atoms with Crippen LogP contribution in [0, 0.1) is 0 Å². The van der Waals surface area contributed by atoms with Crippen LogP contribution in [0.15, 0.2) is 0 Å². The number of halogens is 1. The zero-order chi connectivity index (χ0) is 7.45. The number of hydrogen-bond donors (Lipinski definition) is 2. The van der Waals surface area contributed by atoms with Gasteiger partial charge in [0.15, 0.2) is 0 Å². The van der Waals surface area contributed by atoms with Crippen LogP contribution >= 0.6 is 12.6 Å². The average molecular weight is 241 g/mol. The summed E-state index contributed by atoms with van der Waals surface area (Å²) in [6.07, 6.45) is 2.70. The number of quaternary nitrogens is 1. The van der Waals surface area contributed by atoms with Crippen molar-refractivity contribution < 1.29 is 21.5 Å². The Morgan fingerprint density at radius 2 is 1.82 bits per heavy atom. The molecule has 0 amide bonds. The first kappa shape index (κ1) is 11.8. The molecule has 0 aliphatic carbocycles. The molecule has 68 valence electrons. The van der Waals surface area contributed by atoms with Crippen LogP contribution in [0.25, 0.3) is 0 Å². The van der Waals surface area contributed by atoms with Crippen molar-refractivity contribution >= 4 is 12.6 Å². The fourth-order valence-electron chi connectivity index (χ4n) is 1.72. The third-order valence-corrected chi connectivity index (χ3v) is 2.68. The third-order valence-electron chi connectivity index (χ3n) is 2.48. The van der Waals surface area contributed by atoms with Gasteiger partial charge in [-0.1, -0.05) is 0 Å². The van der Waals surface area contributed by atoms with E-state index in [1.807, 2.05) is 0 Å². The van der Waals surface area contributed by atoms with E-state index in [1.54, 1.807) is 0 Å². The highest BCUT2D eigenvalue weighted by atomic mass is 79.9. The molecular formula is C7H17BrN2S. The summed E-state index contributed by atoms with van der Waals surface area (Å²) >= 11 is 4.23.